The van der Waals surface area contributed by atoms with Crippen molar-refractivity contribution in [2.75, 3.05) is 13.1 Å². The topological polar surface area (TPSA) is 55.1 Å². The van der Waals surface area contributed by atoms with E-state index in [1.807, 2.05) is 30.3 Å². The summed E-state index contributed by atoms with van der Waals surface area (Å²) in [5.41, 5.74) is 7.97. The molecule has 0 aliphatic rings. The molecule has 106 valence electrons. The Labute approximate surface area is 125 Å². The van der Waals surface area contributed by atoms with Crippen molar-refractivity contribution in [3.63, 3.8) is 0 Å². The van der Waals surface area contributed by atoms with Crippen LogP contribution in [0.3, 0.4) is 0 Å². The number of benzene rings is 2. The molecule has 0 bridgehead atoms. The van der Waals surface area contributed by atoms with Gasteiger partial charge in [0.15, 0.2) is 0 Å². The zero-order valence-corrected chi connectivity index (χ0v) is 11.8. The molecule has 0 atom stereocenters. The van der Waals surface area contributed by atoms with Crippen molar-refractivity contribution in [1.29, 1.82) is 0 Å². The summed E-state index contributed by atoms with van der Waals surface area (Å²) < 4.78 is 0. The van der Waals surface area contributed by atoms with Crippen LogP contribution in [0.4, 0.5) is 0 Å². The summed E-state index contributed by atoms with van der Waals surface area (Å²) in [6.07, 6.45) is 0.819. The minimum absolute atomic E-state index is 0.0812. The van der Waals surface area contributed by atoms with Crippen molar-refractivity contribution in [3.05, 3.63) is 71.3 Å². The van der Waals surface area contributed by atoms with Crippen LogP contribution in [0.1, 0.15) is 21.5 Å². The van der Waals surface area contributed by atoms with Crippen molar-refractivity contribution in [3.8, 4) is 11.8 Å². The Morgan fingerprint density at radius 3 is 2.67 bits per heavy atom. The van der Waals surface area contributed by atoms with Gasteiger partial charge < -0.3 is 11.1 Å². The van der Waals surface area contributed by atoms with E-state index in [4.69, 9.17) is 5.73 Å². The normalized spacial score (nSPS) is 9.57. The number of nitrogens with one attached hydrogen (secondary N) is 1. The molecule has 2 rings (SSSR count). The number of hydrogen-bond donors (Lipinski definition) is 2. The number of rotatable bonds is 4. The third kappa shape index (κ3) is 4.79. The van der Waals surface area contributed by atoms with Gasteiger partial charge in [-0.2, -0.15) is 0 Å². The lowest BCUT2D eigenvalue weighted by atomic mass is 10.1. The summed E-state index contributed by atoms with van der Waals surface area (Å²) in [4.78, 5) is 12.1. The summed E-state index contributed by atoms with van der Waals surface area (Å²) in [6, 6.07) is 17.3. The molecular weight excluding hydrogens is 260 g/mol. The average Bonchev–Trinajstić information content (AvgIpc) is 2.54. The number of carbonyl (C=O) groups is 1. The van der Waals surface area contributed by atoms with E-state index in [9.17, 15) is 4.79 Å². The van der Waals surface area contributed by atoms with Gasteiger partial charge in [-0.15, -0.1) is 0 Å². The Balaban J connectivity index is 1.91. The highest BCUT2D eigenvalue weighted by Gasteiger charge is 2.04. The van der Waals surface area contributed by atoms with E-state index in [2.05, 4.69) is 29.3 Å². The molecule has 0 saturated heterocycles. The van der Waals surface area contributed by atoms with Crippen molar-refractivity contribution >= 4 is 5.91 Å². The molecule has 0 aliphatic carbocycles. The molecular formula is C18H18N2O. The van der Waals surface area contributed by atoms with E-state index < -0.39 is 0 Å². The summed E-state index contributed by atoms with van der Waals surface area (Å²) in [6.45, 7) is 0.926. The zero-order chi connectivity index (χ0) is 14.9. The van der Waals surface area contributed by atoms with E-state index in [1.165, 1.54) is 5.56 Å². The second-order valence-corrected chi connectivity index (χ2v) is 4.58. The minimum atomic E-state index is -0.0812. The lowest BCUT2D eigenvalue weighted by Gasteiger charge is -2.05. The number of hydrogen-bond acceptors (Lipinski definition) is 2. The molecule has 0 spiro atoms. The highest BCUT2D eigenvalue weighted by atomic mass is 16.1. The Morgan fingerprint density at radius 1 is 1.10 bits per heavy atom. The number of carbonyl (C=O) groups excluding carboxylic acids is 1. The summed E-state index contributed by atoms with van der Waals surface area (Å²) in [5.74, 6) is 5.63. The average molecular weight is 278 g/mol. The molecule has 2 aromatic rings. The molecule has 0 heterocycles. The van der Waals surface area contributed by atoms with Crippen LogP contribution in [0.25, 0.3) is 0 Å². The van der Waals surface area contributed by atoms with Gasteiger partial charge in [0.2, 0.25) is 0 Å². The Bertz CT molecular complexity index is 654. The summed E-state index contributed by atoms with van der Waals surface area (Å²) in [5, 5.41) is 2.92. The highest BCUT2D eigenvalue weighted by Crippen LogP contribution is 2.04. The lowest BCUT2D eigenvalue weighted by Crippen LogP contribution is -2.25. The fraction of sp³-hybridized carbons (Fsp3) is 0.167. The second kappa shape index (κ2) is 7.88. The van der Waals surface area contributed by atoms with Gasteiger partial charge >= 0.3 is 0 Å². The third-order valence-corrected chi connectivity index (χ3v) is 3.00. The smallest absolute Gasteiger partial charge is 0.251 e. The van der Waals surface area contributed by atoms with Crippen molar-refractivity contribution in [2.45, 2.75) is 6.42 Å². The molecule has 0 radical (unpaired) electrons. The van der Waals surface area contributed by atoms with Gasteiger partial charge in [0.05, 0.1) is 6.54 Å². The molecule has 0 fully saturated rings. The summed E-state index contributed by atoms with van der Waals surface area (Å²) in [7, 11) is 0. The predicted molar refractivity (Wildman–Crippen MR) is 84.9 cm³/mol. The molecule has 3 N–H and O–H groups in total. The first-order chi connectivity index (χ1) is 10.3. The van der Waals surface area contributed by atoms with Gasteiger partial charge in [-0.1, -0.05) is 48.2 Å². The lowest BCUT2D eigenvalue weighted by molar-refractivity contribution is 0.0954. The molecule has 1 amide bonds. The first-order valence-corrected chi connectivity index (χ1v) is 6.91. The van der Waals surface area contributed by atoms with E-state index in [0.29, 0.717) is 18.7 Å². The third-order valence-electron chi connectivity index (χ3n) is 3.00. The van der Waals surface area contributed by atoms with Crippen LogP contribution >= 0.6 is 0 Å². The first kappa shape index (κ1) is 14.8. The molecule has 3 heteroatoms. The van der Waals surface area contributed by atoms with E-state index >= 15 is 0 Å². The molecule has 3 nitrogen and oxygen atoms in total. The van der Waals surface area contributed by atoms with Gasteiger partial charge in [-0.05, 0) is 30.2 Å². The summed E-state index contributed by atoms with van der Waals surface area (Å²) >= 11 is 0. The van der Waals surface area contributed by atoms with Gasteiger partial charge in [0.25, 0.3) is 5.91 Å². The van der Waals surface area contributed by atoms with Crippen molar-refractivity contribution < 1.29 is 4.79 Å². The quantitative estimate of drug-likeness (QED) is 0.840. The molecule has 2 aromatic carbocycles. The van der Waals surface area contributed by atoms with E-state index in [-0.39, 0.29) is 5.91 Å². The van der Waals surface area contributed by atoms with Gasteiger partial charge in [0, 0.05) is 17.7 Å². The Morgan fingerprint density at radius 2 is 1.90 bits per heavy atom. The SMILES string of the molecule is NCC#Cc1cccc(C(=O)NCCc2ccccc2)c1. The number of amides is 1. The maximum atomic E-state index is 12.1. The fourth-order valence-corrected chi connectivity index (χ4v) is 1.96. The minimum Gasteiger partial charge on any atom is -0.352 e. The zero-order valence-electron chi connectivity index (χ0n) is 11.8. The second-order valence-electron chi connectivity index (χ2n) is 4.58. The van der Waals surface area contributed by atoms with Gasteiger partial charge in [-0.3, -0.25) is 4.79 Å². The highest BCUT2D eigenvalue weighted by molar-refractivity contribution is 5.94. The van der Waals surface area contributed by atoms with Crippen LogP contribution in [-0.2, 0) is 6.42 Å². The van der Waals surface area contributed by atoms with Crippen molar-refractivity contribution in [2.24, 2.45) is 5.73 Å². The van der Waals surface area contributed by atoms with Crippen LogP contribution in [0.5, 0.6) is 0 Å². The van der Waals surface area contributed by atoms with Gasteiger partial charge in [-0.25, -0.2) is 0 Å². The molecule has 21 heavy (non-hydrogen) atoms. The van der Waals surface area contributed by atoms with E-state index in [0.717, 1.165) is 12.0 Å². The molecule has 0 aliphatic heterocycles. The molecule has 0 aromatic heterocycles. The predicted octanol–water partition coefficient (Wildman–Crippen LogP) is 1.97. The Hall–Kier alpha value is -2.57. The van der Waals surface area contributed by atoms with Crippen LogP contribution in [0, 0.1) is 11.8 Å². The van der Waals surface area contributed by atoms with Crippen molar-refractivity contribution in [1.82, 2.24) is 5.32 Å². The fourth-order valence-electron chi connectivity index (χ4n) is 1.96. The van der Waals surface area contributed by atoms with E-state index in [1.54, 1.807) is 12.1 Å². The molecule has 0 saturated carbocycles. The number of nitrogens with two attached hydrogens (primary N) is 1. The molecule has 0 unspecified atom stereocenters. The van der Waals surface area contributed by atoms with Gasteiger partial charge in [0.1, 0.15) is 0 Å². The first-order valence-electron chi connectivity index (χ1n) is 6.91. The largest absolute Gasteiger partial charge is 0.352 e. The Kier molecular flexibility index (Phi) is 5.57. The van der Waals surface area contributed by atoms with Crippen LogP contribution in [-0.4, -0.2) is 19.0 Å². The van der Waals surface area contributed by atoms with Crippen LogP contribution in [0.15, 0.2) is 54.6 Å². The maximum Gasteiger partial charge on any atom is 0.251 e. The standard InChI is InChI=1S/C18H18N2O/c19-12-5-9-16-8-4-10-17(14-16)18(21)20-13-11-15-6-2-1-3-7-15/h1-4,6-8,10,14H,11-13,19H2,(H,20,21). The van der Waals surface area contributed by atoms with Crippen LogP contribution < -0.4 is 11.1 Å². The maximum absolute atomic E-state index is 12.1. The monoisotopic (exact) mass is 278 g/mol. The van der Waals surface area contributed by atoms with Crippen LogP contribution in [0.2, 0.25) is 0 Å².